The lowest BCUT2D eigenvalue weighted by Crippen LogP contribution is -1.98. The van der Waals surface area contributed by atoms with Crippen LogP contribution in [0.2, 0.25) is 0 Å². The molecule has 0 radical (unpaired) electrons. The third-order valence-electron chi connectivity index (χ3n) is 1.24. The fraction of sp³-hybridized carbons (Fsp3) is 0.286. The SMILES string of the molecule is COc1ncc(C=O)nc1OC. The molecule has 5 heteroatoms. The van der Waals surface area contributed by atoms with Crippen molar-refractivity contribution in [2.75, 3.05) is 14.2 Å². The number of nitrogens with zero attached hydrogens (tertiary/aromatic N) is 2. The highest BCUT2D eigenvalue weighted by molar-refractivity contribution is 5.71. The first kappa shape index (κ1) is 8.45. The molecule has 0 aromatic carbocycles. The van der Waals surface area contributed by atoms with Gasteiger partial charge in [0.2, 0.25) is 0 Å². The standard InChI is InChI=1S/C7H8N2O3/c1-11-6-7(12-2)9-5(4-10)3-8-6/h3-4H,1-2H3. The van der Waals surface area contributed by atoms with Crippen LogP contribution in [0.5, 0.6) is 11.8 Å². The summed E-state index contributed by atoms with van der Waals surface area (Å²) in [6, 6.07) is 0. The highest BCUT2D eigenvalue weighted by atomic mass is 16.5. The Morgan fingerprint density at radius 1 is 1.33 bits per heavy atom. The molecule has 64 valence electrons. The molecule has 0 aliphatic heterocycles. The quantitative estimate of drug-likeness (QED) is 0.607. The lowest BCUT2D eigenvalue weighted by Gasteiger charge is -2.03. The average molecular weight is 168 g/mol. The third kappa shape index (κ3) is 1.50. The van der Waals surface area contributed by atoms with Gasteiger partial charge in [-0.05, 0) is 0 Å². The maximum absolute atomic E-state index is 10.3. The second-order valence-electron chi connectivity index (χ2n) is 1.93. The van der Waals surface area contributed by atoms with Crippen LogP contribution in [-0.2, 0) is 0 Å². The van der Waals surface area contributed by atoms with E-state index in [1.807, 2.05) is 0 Å². The van der Waals surface area contributed by atoms with E-state index in [-0.39, 0.29) is 17.5 Å². The lowest BCUT2D eigenvalue weighted by molar-refractivity contribution is 0.111. The molecule has 1 aromatic rings. The van der Waals surface area contributed by atoms with Gasteiger partial charge >= 0.3 is 0 Å². The molecule has 0 amide bonds. The number of carbonyl (C=O) groups excluding carboxylic acids is 1. The van der Waals surface area contributed by atoms with Crippen LogP contribution in [0.4, 0.5) is 0 Å². The van der Waals surface area contributed by atoms with E-state index in [0.717, 1.165) is 0 Å². The van der Waals surface area contributed by atoms with Crippen LogP contribution in [0.15, 0.2) is 6.20 Å². The van der Waals surface area contributed by atoms with Crippen molar-refractivity contribution in [3.63, 3.8) is 0 Å². The number of ether oxygens (including phenoxy) is 2. The van der Waals surface area contributed by atoms with Crippen molar-refractivity contribution in [2.24, 2.45) is 0 Å². The van der Waals surface area contributed by atoms with Gasteiger partial charge in [0, 0.05) is 0 Å². The Bertz CT molecular complexity index is 288. The van der Waals surface area contributed by atoms with Crippen LogP contribution < -0.4 is 9.47 Å². The van der Waals surface area contributed by atoms with Gasteiger partial charge in [-0.1, -0.05) is 0 Å². The summed E-state index contributed by atoms with van der Waals surface area (Å²) in [6.45, 7) is 0. The second-order valence-corrected chi connectivity index (χ2v) is 1.93. The molecule has 0 saturated heterocycles. The number of methoxy groups -OCH3 is 2. The first-order valence-electron chi connectivity index (χ1n) is 3.22. The van der Waals surface area contributed by atoms with Crippen molar-refractivity contribution in [3.8, 4) is 11.8 Å². The molecule has 0 aliphatic carbocycles. The Morgan fingerprint density at radius 2 is 2.00 bits per heavy atom. The number of rotatable bonds is 3. The molecule has 0 N–H and O–H groups in total. The van der Waals surface area contributed by atoms with Gasteiger partial charge < -0.3 is 9.47 Å². The molecule has 0 atom stereocenters. The molecule has 5 nitrogen and oxygen atoms in total. The van der Waals surface area contributed by atoms with Gasteiger partial charge in [0.25, 0.3) is 11.8 Å². The molecule has 0 fully saturated rings. The Labute approximate surface area is 69.4 Å². The average Bonchev–Trinajstić information content (AvgIpc) is 2.16. The predicted octanol–water partition coefficient (Wildman–Crippen LogP) is 0.306. The molecule has 1 aromatic heterocycles. The van der Waals surface area contributed by atoms with Gasteiger partial charge in [0.1, 0.15) is 5.69 Å². The van der Waals surface area contributed by atoms with Gasteiger partial charge in [-0.25, -0.2) is 9.97 Å². The maximum Gasteiger partial charge on any atom is 0.278 e. The van der Waals surface area contributed by atoms with Gasteiger partial charge in [0.15, 0.2) is 6.29 Å². The van der Waals surface area contributed by atoms with E-state index in [9.17, 15) is 4.79 Å². The Kier molecular flexibility index (Phi) is 2.57. The summed E-state index contributed by atoms with van der Waals surface area (Å²) in [5.74, 6) is 0.477. The minimum absolute atomic E-state index is 0.210. The van der Waals surface area contributed by atoms with E-state index < -0.39 is 0 Å². The van der Waals surface area contributed by atoms with E-state index >= 15 is 0 Å². The predicted molar refractivity (Wildman–Crippen MR) is 40.5 cm³/mol. The van der Waals surface area contributed by atoms with Gasteiger partial charge in [0.05, 0.1) is 20.4 Å². The van der Waals surface area contributed by atoms with Crippen LogP contribution in [0.3, 0.4) is 0 Å². The van der Waals surface area contributed by atoms with Crippen molar-refractivity contribution in [1.82, 2.24) is 9.97 Å². The molecule has 12 heavy (non-hydrogen) atoms. The van der Waals surface area contributed by atoms with Crippen LogP contribution in [0.1, 0.15) is 10.5 Å². The van der Waals surface area contributed by atoms with E-state index in [1.165, 1.54) is 20.4 Å². The molecule has 0 unspecified atom stereocenters. The highest BCUT2D eigenvalue weighted by Crippen LogP contribution is 2.19. The number of aromatic nitrogens is 2. The molecular formula is C7H8N2O3. The van der Waals surface area contributed by atoms with Crippen LogP contribution in [0.25, 0.3) is 0 Å². The monoisotopic (exact) mass is 168 g/mol. The maximum atomic E-state index is 10.3. The summed E-state index contributed by atoms with van der Waals surface area (Å²) >= 11 is 0. The Balaban J connectivity index is 3.10. The van der Waals surface area contributed by atoms with Crippen LogP contribution >= 0.6 is 0 Å². The number of aldehydes is 1. The van der Waals surface area contributed by atoms with Crippen molar-refractivity contribution in [1.29, 1.82) is 0 Å². The minimum Gasteiger partial charge on any atom is -0.477 e. The third-order valence-corrected chi connectivity index (χ3v) is 1.24. The number of carbonyl (C=O) groups is 1. The molecular weight excluding hydrogens is 160 g/mol. The molecule has 1 rings (SSSR count). The van der Waals surface area contributed by atoms with E-state index in [0.29, 0.717) is 6.29 Å². The van der Waals surface area contributed by atoms with Crippen molar-refractivity contribution in [2.45, 2.75) is 0 Å². The van der Waals surface area contributed by atoms with Gasteiger partial charge in [-0.3, -0.25) is 4.79 Å². The van der Waals surface area contributed by atoms with Crippen LogP contribution in [0, 0.1) is 0 Å². The van der Waals surface area contributed by atoms with Crippen molar-refractivity contribution in [3.05, 3.63) is 11.9 Å². The molecule has 0 spiro atoms. The van der Waals surface area contributed by atoms with Crippen molar-refractivity contribution >= 4 is 6.29 Å². The second kappa shape index (κ2) is 3.66. The highest BCUT2D eigenvalue weighted by Gasteiger charge is 2.06. The molecule has 0 saturated carbocycles. The van der Waals surface area contributed by atoms with Gasteiger partial charge in [-0.15, -0.1) is 0 Å². The normalized spacial score (nSPS) is 9.17. The van der Waals surface area contributed by atoms with Gasteiger partial charge in [-0.2, -0.15) is 0 Å². The molecule has 1 heterocycles. The zero-order valence-corrected chi connectivity index (χ0v) is 6.77. The summed E-state index contributed by atoms with van der Waals surface area (Å²) in [5, 5.41) is 0. The smallest absolute Gasteiger partial charge is 0.278 e. The topological polar surface area (TPSA) is 61.3 Å². The first-order chi connectivity index (χ1) is 5.81. The molecule has 0 bridgehead atoms. The summed E-state index contributed by atoms with van der Waals surface area (Å²) in [4.78, 5) is 17.9. The van der Waals surface area contributed by atoms with E-state index in [1.54, 1.807) is 0 Å². The summed E-state index contributed by atoms with van der Waals surface area (Å²) < 4.78 is 9.64. The van der Waals surface area contributed by atoms with E-state index in [4.69, 9.17) is 9.47 Å². The lowest BCUT2D eigenvalue weighted by atomic mass is 10.5. The summed E-state index contributed by atoms with van der Waals surface area (Å²) in [7, 11) is 2.88. The van der Waals surface area contributed by atoms with Crippen LogP contribution in [-0.4, -0.2) is 30.5 Å². The molecule has 0 aliphatic rings. The number of hydrogen-bond acceptors (Lipinski definition) is 5. The Hall–Kier alpha value is -1.65. The minimum atomic E-state index is 0.210. The zero-order chi connectivity index (χ0) is 8.97. The zero-order valence-electron chi connectivity index (χ0n) is 6.77. The van der Waals surface area contributed by atoms with Crippen molar-refractivity contribution < 1.29 is 14.3 Å². The summed E-state index contributed by atoms with van der Waals surface area (Å²) in [6.07, 6.45) is 1.91. The fourth-order valence-corrected chi connectivity index (χ4v) is 0.704. The number of hydrogen-bond donors (Lipinski definition) is 0. The first-order valence-corrected chi connectivity index (χ1v) is 3.22. The Morgan fingerprint density at radius 3 is 2.50 bits per heavy atom. The summed E-state index contributed by atoms with van der Waals surface area (Å²) in [5.41, 5.74) is 0.215. The largest absolute Gasteiger partial charge is 0.477 e. The van der Waals surface area contributed by atoms with E-state index in [2.05, 4.69) is 9.97 Å². The fourth-order valence-electron chi connectivity index (χ4n) is 0.704.